The van der Waals surface area contributed by atoms with E-state index in [1.54, 1.807) is 0 Å². The van der Waals surface area contributed by atoms with Crippen molar-refractivity contribution in [3.05, 3.63) is 30.3 Å². The van der Waals surface area contributed by atoms with Crippen LogP contribution in [0.3, 0.4) is 0 Å². The van der Waals surface area contributed by atoms with E-state index in [4.69, 9.17) is 10.7 Å². The molecule has 0 aliphatic heterocycles. The maximum absolute atomic E-state index is 5.55. The van der Waals surface area contributed by atoms with Gasteiger partial charge in [-0.3, -0.25) is 0 Å². The Morgan fingerprint density at radius 1 is 0.938 bits per heavy atom. The van der Waals surface area contributed by atoms with Crippen LogP contribution < -0.4 is 4.53 Å². The zero-order valence-electron chi connectivity index (χ0n) is 10.1. The zero-order chi connectivity index (χ0) is 11.6. The number of rotatable bonds is 8. The number of hydrogen-bond donors (Lipinski definition) is 0. The number of benzene rings is 1. The Hall–Kier alpha value is -0.0665. The SMILES string of the molecule is CCCCCCC[CH2][Ni](=[S])[c]1ccccc1. The van der Waals surface area contributed by atoms with E-state index in [1.807, 2.05) is 0 Å². The fourth-order valence-corrected chi connectivity index (χ4v) is 3.71. The molecule has 1 aromatic carbocycles. The predicted octanol–water partition coefficient (Wildman–Crippen LogP) is 4.82. The minimum absolute atomic E-state index is 0.0921. The van der Waals surface area contributed by atoms with Crippen LogP contribution in [0.5, 0.6) is 0 Å². The van der Waals surface area contributed by atoms with Crippen molar-refractivity contribution in [1.29, 1.82) is 0 Å². The van der Waals surface area contributed by atoms with Gasteiger partial charge in [0.15, 0.2) is 0 Å². The van der Waals surface area contributed by atoms with E-state index in [0.29, 0.717) is 0 Å². The average molecular weight is 281 g/mol. The molecule has 0 aromatic heterocycles. The Morgan fingerprint density at radius 2 is 1.56 bits per heavy atom. The fraction of sp³-hybridized carbons (Fsp3) is 0.571. The predicted molar refractivity (Wildman–Crippen MR) is 71.9 cm³/mol. The number of hydrogen-bond acceptors (Lipinski definition) is 1. The second kappa shape index (κ2) is 9.01. The summed E-state index contributed by atoms with van der Waals surface area (Å²) in [6.07, 6.45) is 8.16. The molecule has 0 atom stereocenters. The molecule has 0 bridgehead atoms. The Labute approximate surface area is 108 Å². The van der Waals surface area contributed by atoms with E-state index in [2.05, 4.69) is 37.3 Å². The Morgan fingerprint density at radius 3 is 2.25 bits per heavy atom. The maximum atomic E-state index is 5.55. The molecule has 94 valence electrons. The van der Waals surface area contributed by atoms with E-state index in [1.165, 1.54) is 48.4 Å². The third kappa shape index (κ3) is 5.87. The van der Waals surface area contributed by atoms with E-state index < -0.39 is 0 Å². The van der Waals surface area contributed by atoms with Crippen LogP contribution in [-0.2, 0) is 11.8 Å². The second-order valence-electron chi connectivity index (χ2n) is 3.95. The standard InChI is InChI=1S/C8H17.C6H5.Ni.S/c1-3-5-7-8-6-4-2;1-2-4-6-5-3-1;;/h1,3-8H2,2H3;1-5H;;. The van der Waals surface area contributed by atoms with Crippen LogP contribution in [0.4, 0.5) is 0 Å². The molecule has 0 unspecified atom stereocenters. The number of unbranched alkanes of at least 4 members (excludes halogenated alkanes) is 5. The van der Waals surface area contributed by atoms with Crippen LogP contribution in [0.2, 0.25) is 5.39 Å². The van der Waals surface area contributed by atoms with Crippen molar-refractivity contribution >= 4 is 15.2 Å². The zero-order valence-corrected chi connectivity index (χ0v) is 11.9. The van der Waals surface area contributed by atoms with Crippen molar-refractivity contribution in [2.75, 3.05) is 0 Å². The van der Waals surface area contributed by atoms with Gasteiger partial charge in [0, 0.05) is 0 Å². The van der Waals surface area contributed by atoms with Crippen molar-refractivity contribution in [2.24, 2.45) is 0 Å². The molecule has 0 aliphatic rings. The molecule has 1 rings (SSSR count). The van der Waals surface area contributed by atoms with Crippen LogP contribution in [0.25, 0.3) is 0 Å². The Balaban J connectivity index is 2.12. The summed E-state index contributed by atoms with van der Waals surface area (Å²) in [6.45, 7) is 2.26. The average Bonchev–Trinajstić information content (AvgIpc) is 2.34. The topological polar surface area (TPSA) is 0 Å². The van der Waals surface area contributed by atoms with Gasteiger partial charge in [-0.25, -0.2) is 0 Å². The van der Waals surface area contributed by atoms with E-state index in [-0.39, 0.29) is 11.8 Å². The Bertz CT molecular complexity index is 295. The minimum atomic E-state index is -0.0921. The summed E-state index contributed by atoms with van der Waals surface area (Å²) in [5.74, 6) is 0. The van der Waals surface area contributed by atoms with Crippen LogP contribution in [0.15, 0.2) is 30.3 Å². The first-order chi connectivity index (χ1) is 7.84. The summed E-state index contributed by atoms with van der Waals surface area (Å²) < 4.78 is 1.35. The first kappa shape index (κ1) is 14.0. The molecule has 0 amide bonds. The van der Waals surface area contributed by atoms with Gasteiger partial charge < -0.3 is 0 Å². The summed E-state index contributed by atoms with van der Waals surface area (Å²) in [5.41, 5.74) is 0. The van der Waals surface area contributed by atoms with Gasteiger partial charge in [0.1, 0.15) is 0 Å². The molecule has 0 heterocycles. The van der Waals surface area contributed by atoms with E-state index >= 15 is 0 Å². The summed E-state index contributed by atoms with van der Waals surface area (Å²) in [4.78, 5) is 0. The molecule has 16 heavy (non-hydrogen) atoms. The van der Waals surface area contributed by atoms with Gasteiger partial charge >= 0.3 is 108 Å². The third-order valence-electron chi connectivity index (χ3n) is 2.53. The van der Waals surface area contributed by atoms with E-state index in [9.17, 15) is 0 Å². The molecule has 0 saturated carbocycles. The van der Waals surface area contributed by atoms with Crippen molar-refractivity contribution < 1.29 is 11.8 Å². The van der Waals surface area contributed by atoms with Gasteiger partial charge in [-0.05, 0) is 0 Å². The van der Waals surface area contributed by atoms with Crippen molar-refractivity contribution in [1.82, 2.24) is 0 Å². The fourth-order valence-electron chi connectivity index (χ4n) is 1.57. The first-order valence-electron chi connectivity index (χ1n) is 6.13. The van der Waals surface area contributed by atoms with Gasteiger partial charge in [0.25, 0.3) is 0 Å². The first-order valence-corrected chi connectivity index (χ1v) is 8.79. The van der Waals surface area contributed by atoms with Crippen molar-refractivity contribution in [3.8, 4) is 0 Å². The molecule has 0 saturated heterocycles. The summed E-state index contributed by atoms with van der Waals surface area (Å²) in [6, 6.07) is 10.6. The summed E-state index contributed by atoms with van der Waals surface area (Å²) >= 11 is -0.0921. The third-order valence-corrected chi connectivity index (χ3v) is 5.43. The molecule has 2 heteroatoms. The molecule has 0 spiro atoms. The molecule has 0 radical (unpaired) electrons. The van der Waals surface area contributed by atoms with Crippen LogP contribution in [0, 0.1) is 0 Å². The van der Waals surface area contributed by atoms with Crippen LogP contribution in [0.1, 0.15) is 45.4 Å². The second-order valence-corrected chi connectivity index (χ2v) is 7.14. The van der Waals surface area contributed by atoms with Crippen molar-refractivity contribution in [2.45, 2.75) is 50.8 Å². The summed E-state index contributed by atoms with van der Waals surface area (Å²) in [5, 5.41) is 1.20. The van der Waals surface area contributed by atoms with Crippen LogP contribution in [-0.4, -0.2) is 0 Å². The summed E-state index contributed by atoms with van der Waals surface area (Å²) in [7, 11) is 5.55. The van der Waals surface area contributed by atoms with Gasteiger partial charge in [0.05, 0.1) is 0 Å². The van der Waals surface area contributed by atoms with E-state index in [0.717, 1.165) is 0 Å². The molecule has 0 fully saturated rings. The van der Waals surface area contributed by atoms with Gasteiger partial charge in [0.2, 0.25) is 0 Å². The van der Waals surface area contributed by atoms with Crippen molar-refractivity contribution in [3.63, 3.8) is 0 Å². The van der Waals surface area contributed by atoms with Gasteiger partial charge in [-0.15, -0.1) is 0 Å². The molecule has 0 N–H and O–H groups in total. The quantitative estimate of drug-likeness (QED) is 0.486. The van der Waals surface area contributed by atoms with Gasteiger partial charge in [-0.1, -0.05) is 0 Å². The molecular weight excluding hydrogens is 259 g/mol. The van der Waals surface area contributed by atoms with Gasteiger partial charge in [-0.2, -0.15) is 0 Å². The molecule has 1 aromatic rings. The molecule has 0 nitrogen and oxygen atoms in total. The normalized spacial score (nSPS) is 11.4. The van der Waals surface area contributed by atoms with Crippen LogP contribution >= 0.6 is 10.7 Å². The Kier molecular flexibility index (Phi) is 7.89. The molecular formula is C14H22NiS. The monoisotopic (exact) mass is 280 g/mol. The molecule has 0 aliphatic carbocycles.